The van der Waals surface area contributed by atoms with Gasteiger partial charge in [0, 0.05) is 0 Å². The summed E-state index contributed by atoms with van der Waals surface area (Å²) >= 11 is 0. The van der Waals surface area contributed by atoms with Gasteiger partial charge in [-0.2, -0.15) is 0 Å². The third-order valence-electron chi connectivity index (χ3n) is 2.39. The minimum Gasteiger partial charge on any atom is -0.631 e. The number of hydrogen-bond donors (Lipinski definition) is 1. The van der Waals surface area contributed by atoms with E-state index in [0.717, 1.165) is 6.42 Å². The Balaban J connectivity index is 2.12. The van der Waals surface area contributed by atoms with Gasteiger partial charge in [0.2, 0.25) is 7.94 Å². The molecule has 3 heterocycles. The van der Waals surface area contributed by atoms with E-state index in [1.165, 1.54) is 0 Å². The molecule has 3 fully saturated rings. The van der Waals surface area contributed by atoms with Crippen molar-refractivity contribution in [3.63, 3.8) is 0 Å². The Hall–Kier alpha value is 0.270. The molecule has 11 heavy (non-hydrogen) atoms. The van der Waals surface area contributed by atoms with Crippen molar-refractivity contribution in [3.05, 3.63) is 0 Å². The number of aliphatic hydroxyl groups excluding tert-OH is 1. The van der Waals surface area contributed by atoms with Crippen LogP contribution < -0.4 is 4.89 Å². The highest BCUT2D eigenvalue weighted by Crippen LogP contribution is 2.63. The molecule has 0 saturated carbocycles. The van der Waals surface area contributed by atoms with Gasteiger partial charge in [0.25, 0.3) is 0 Å². The molecule has 3 rings (SSSR count). The molecule has 2 bridgehead atoms. The first-order valence-electron chi connectivity index (χ1n) is 3.67. The lowest BCUT2D eigenvalue weighted by molar-refractivity contribution is -0.246. The van der Waals surface area contributed by atoms with Crippen LogP contribution >= 0.6 is 7.94 Å². The average Bonchev–Trinajstić information content (AvgIpc) is 2.07. The zero-order chi connectivity index (χ0) is 7.95. The van der Waals surface area contributed by atoms with Gasteiger partial charge in [0.1, 0.15) is 19.4 Å². The third-order valence-corrected chi connectivity index (χ3v) is 4.20. The molecule has 0 radical (unpaired) electrons. The van der Waals surface area contributed by atoms with Crippen molar-refractivity contribution in [1.82, 2.24) is 0 Å². The van der Waals surface area contributed by atoms with Gasteiger partial charge in [-0.25, -0.2) is 9.05 Å². The Kier molecular flexibility index (Phi) is 1.71. The fourth-order valence-corrected chi connectivity index (χ4v) is 3.39. The third kappa shape index (κ3) is 1.19. The fourth-order valence-electron chi connectivity index (χ4n) is 1.37. The number of hydrogen-bond acceptors (Lipinski definition) is 4. The van der Waals surface area contributed by atoms with Crippen LogP contribution in [0.1, 0.15) is 6.42 Å². The van der Waals surface area contributed by atoms with Crippen molar-refractivity contribution >= 4 is 7.94 Å². The van der Waals surface area contributed by atoms with Crippen LogP contribution in [0.5, 0.6) is 0 Å². The van der Waals surface area contributed by atoms with Gasteiger partial charge in [0.15, 0.2) is 0 Å². The minimum absolute atomic E-state index is 0.0625. The lowest BCUT2D eigenvalue weighted by Crippen LogP contribution is -2.48. The van der Waals surface area contributed by atoms with Gasteiger partial charge in [-0.3, -0.25) is 0 Å². The van der Waals surface area contributed by atoms with E-state index in [-0.39, 0.29) is 12.0 Å². The quantitative estimate of drug-likeness (QED) is 0.552. The van der Waals surface area contributed by atoms with E-state index in [4.69, 9.17) is 14.2 Å². The summed E-state index contributed by atoms with van der Waals surface area (Å²) in [5.74, 6) is 0. The van der Waals surface area contributed by atoms with Gasteiger partial charge in [-0.05, 0) is 6.42 Å². The highest BCUT2D eigenvalue weighted by atomic mass is 31.2. The molecule has 3 aliphatic rings. The van der Waals surface area contributed by atoms with Crippen LogP contribution in [0.3, 0.4) is 0 Å². The highest BCUT2D eigenvalue weighted by Gasteiger charge is 2.52. The molecule has 0 aromatic rings. The average molecular weight is 178 g/mol. The molecule has 64 valence electrons. The van der Waals surface area contributed by atoms with Gasteiger partial charge in [-0.15, -0.1) is 0 Å². The first kappa shape index (κ1) is 7.90. The molecular formula is C6H11O4P. The molecular weight excluding hydrogens is 167 g/mol. The van der Waals surface area contributed by atoms with E-state index in [1.54, 1.807) is 0 Å². The molecule has 0 atom stereocenters. The second-order valence-electron chi connectivity index (χ2n) is 3.29. The van der Waals surface area contributed by atoms with Crippen LogP contribution in [-0.4, -0.2) is 31.1 Å². The van der Waals surface area contributed by atoms with Crippen LogP contribution in [0, 0.1) is 5.41 Å². The van der Waals surface area contributed by atoms with Crippen molar-refractivity contribution < 1.29 is 19.0 Å². The monoisotopic (exact) mass is 178 g/mol. The summed E-state index contributed by atoms with van der Waals surface area (Å²) in [7, 11) is -2.70. The van der Waals surface area contributed by atoms with E-state index in [0.29, 0.717) is 19.4 Å². The number of rotatable bonds is 1. The van der Waals surface area contributed by atoms with Crippen LogP contribution in [-0.2, 0) is 9.05 Å². The topological polar surface area (TPSA) is 61.8 Å². The van der Waals surface area contributed by atoms with Gasteiger partial charge < -0.3 is 10.00 Å². The molecule has 0 amide bonds. The lowest BCUT2D eigenvalue weighted by Gasteiger charge is -2.46. The summed E-state index contributed by atoms with van der Waals surface area (Å²) in [5.41, 5.74) is -0.258. The smallest absolute Gasteiger partial charge is 0.237 e. The standard InChI is InChI=1S/C6H11O4P/c7-3-6-1-2-11(8,9-4-6)10-5-6/h7H,1-5H2. The minimum atomic E-state index is -2.70. The Labute approximate surface area is 65.7 Å². The van der Waals surface area contributed by atoms with Gasteiger partial charge >= 0.3 is 0 Å². The maximum Gasteiger partial charge on any atom is 0.237 e. The molecule has 0 spiro atoms. The summed E-state index contributed by atoms with van der Waals surface area (Å²) in [4.78, 5) is 11.4. The van der Waals surface area contributed by atoms with E-state index < -0.39 is 7.94 Å². The zero-order valence-electron chi connectivity index (χ0n) is 6.15. The maximum atomic E-state index is 11.4. The van der Waals surface area contributed by atoms with E-state index >= 15 is 0 Å². The SMILES string of the molecule is [O-][P+]12CCC(CO)(CO1)CO2. The highest BCUT2D eigenvalue weighted by molar-refractivity contribution is 7.59. The van der Waals surface area contributed by atoms with Crippen molar-refractivity contribution in [2.45, 2.75) is 6.42 Å². The second kappa shape index (κ2) is 2.38. The number of aliphatic hydroxyl groups is 1. The van der Waals surface area contributed by atoms with E-state index in [1.807, 2.05) is 0 Å². The molecule has 0 unspecified atom stereocenters. The molecule has 0 aromatic heterocycles. The molecule has 3 aliphatic heterocycles. The van der Waals surface area contributed by atoms with Gasteiger partial charge in [-0.1, -0.05) is 0 Å². The summed E-state index contributed by atoms with van der Waals surface area (Å²) in [6, 6.07) is 0. The molecule has 3 saturated heterocycles. The van der Waals surface area contributed by atoms with Crippen molar-refractivity contribution in [3.8, 4) is 0 Å². The molecule has 4 nitrogen and oxygen atoms in total. The predicted molar refractivity (Wildman–Crippen MR) is 37.8 cm³/mol. The Morgan fingerprint density at radius 3 is 2.45 bits per heavy atom. The maximum absolute atomic E-state index is 11.4. The molecule has 5 heteroatoms. The lowest BCUT2D eigenvalue weighted by atomic mass is 9.88. The van der Waals surface area contributed by atoms with Crippen molar-refractivity contribution in [2.75, 3.05) is 26.0 Å². The van der Waals surface area contributed by atoms with Crippen LogP contribution in [0.2, 0.25) is 0 Å². The summed E-state index contributed by atoms with van der Waals surface area (Å²) in [5, 5.41) is 9.00. The van der Waals surface area contributed by atoms with Gasteiger partial charge in [0.05, 0.1) is 12.0 Å². The predicted octanol–water partition coefficient (Wildman–Crippen LogP) is -0.462. The zero-order valence-corrected chi connectivity index (χ0v) is 7.05. The number of fused-ring (bicyclic) bond motifs is 3. The van der Waals surface area contributed by atoms with E-state index in [9.17, 15) is 4.89 Å². The molecule has 1 N–H and O–H groups in total. The summed E-state index contributed by atoms with van der Waals surface area (Å²) in [6.45, 7) is 0.842. The first-order chi connectivity index (χ1) is 5.18. The van der Waals surface area contributed by atoms with Crippen LogP contribution in [0.15, 0.2) is 0 Å². The summed E-state index contributed by atoms with van der Waals surface area (Å²) in [6.07, 6.45) is 1.23. The van der Waals surface area contributed by atoms with E-state index in [2.05, 4.69) is 0 Å². The second-order valence-corrected chi connectivity index (χ2v) is 5.47. The van der Waals surface area contributed by atoms with Crippen LogP contribution in [0.25, 0.3) is 0 Å². The Bertz CT molecular complexity index is 147. The molecule has 0 aliphatic carbocycles. The van der Waals surface area contributed by atoms with Crippen molar-refractivity contribution in [2.24, 2.45) is 5.41 Å². The van der Waals surface area contributed by atoms with Crippen molar-refractivity contribution in [1.29, 1.82) is 0 Å². The fraction of sp³-hybridized carbons (Fsp3) is 1.00. The summed E-state index contributed by atoms with van der Waals surface area (Å²) < 4.78 is 10.1. The Morgan fingerprint density at radius 1 is 1.45 bits per heavy atom. The normalized spacial score (nSPS) is 49.6. The van der Waals surface area contributed by atoms with Crippen LogP contribution in [0.4, 0.5) is 0 Å². The Morgan fingerprint density at radius 2 is 2.09 bits per heavy atom. The largest absolute Gasteiger partial charge is 0.631 e. The first-order valence-corrected chi connectivity index (χ1v) is 5.40. The molecule has 0 aromatic carbocycles.